The molecule has 1 aromatic carbocycles. The summed E-state index contributed by atoms with van der Waals surface area (Å²) < 4.78 is 5.58. The van der Waals surface area contributed by atoms with E-state index in [1.165, 1.54) is 0 Å². The van der Waals surface area contributed by atoms with Crippen LogP contribution in [-0.2, 0) is 4.79 Å². The molecule has 1 aromatic rings. The molecule has 0 radical (unpaired) electrons. The highest BCUT2D eigenvalue weighted by Crippen LogP contribution is 2.11. The molecule has 20 heavy (non-hydrogen) atoms. The maximum absolute atomic E-state index is 12.0. The molecule has 0 saturated heterocycles. The van der Waals surface area contributed by atoms with Crippen molar-refractivity contribution in [3.05, 3.63) is 30.3 Å². The number of nitrogens with one attached hydrogen (secondary N) is 1. The fourth-order valence-electron chi connectivity index (χ4n) is 1.67. The predicted molar refractivity (Wildman–Crippen MR) is 79.6 cm³/mol. The molecule has 3 atom stereocenters. The lowest BCUT2D eigenvalue weighted by molar-refractivity contribution is -0.125. The normalized spacial score (nSPS) is 15.2. The Morgan fingerprint density at radius 3 is 2.50 bits per heavy atom. The summed E-state index contributed by atoms with van der Waals surface area (Å²) in [5, 5.41) is 12.0. The van der Waals surface area contributed by atoms with E-state index in [9.17, 15) is 4.79 Å². The summed E-state index contributed by atoms with van der Waals surface area (Å²) in [6, 6.07) is 9.55. The molecule has 0 fully saturated rings. The third kappa shape index (κ3) is 5.61. The van der Waals surface area contributed by atoms with Gasteiger partial charge in [-0.3, -0.25) is 4.79 Å². The molecular formula is C16H25NO3. The van der Waals surface area contributed by atoms with E-state index in [1.807, 2.05) is 51.1 Å². The van der Waals surface area contributed by atoms with Gasteiger partial charge in [0.1, 0.15) is 5.75 Å². The average molecular weight is 279 g/mol. The molecule has 112 valence electrons. The minimum Gasteiger partial charge on any atom is -0.494 e. The van der Waals surface area contributed by atoms with Crippen molar-refractivity contribution in [3.63, 3.8) is 0 Å². The van der Waals surface area contributed by atoms with Gasteiger partial charge >= 0.3 is 0 Å². The van der Waals surface area contributed by atoms with Gasteiger partial charge in [-0.1, -0.05) is 32.0 Å². The van der Waals surface area contributed by atoms with Crippen LogP contribution in [0.15, 0.2) is 30.3 Å². The Hall–Kier alpha value is -1.55. The number of hydrogen-bond donors (Lipinski definition) is 2. The summed E-state index contributed by atoms with van der Waals surface area (Å²) in [5.74, 6) is 0.788. The third-order valence-electron chi connectivity index (χ3n) is 3.52. The van der Waals surface area contributed by atoms with Crippen LogP contribution in [0.5, 0.6) is 5.75 Å². The summed E-state index contributed by atoms with van der Waals surface area (Å²) in [4.78, 5) is 12.0. The maximum Gasteiger partial charge on any atom is 0.223 e. The molecule has 1 amide bonds. The third-order valence-corrected chi connectivity index (χ3v) is 3.52. The second kappa shape index (κ2) is 8.59. The highest BCUT2D eigenvalue weighted by Gasteiger charge is 2.18. The van der Waals surface area contributed by atoms with Crippen LogP contribution in [0.2, 0.25) is 0 Å². The number of hydrogen-bond acceptors (Lipinski definition) is 3. The lowest BCUT2D eigenvalue weighted by Crippen LogP contribution is -2.41. The summed E-state index contributed by atoms with van der Waals surface area (Å²) in [6.45, 7) is 6.30. The SMILES string of the molecule is CC(CCOc1ccccc1)C(=O)NC(C)C(C)CO. The van der Waals surface area contributed by atoms with Crippen LogP contribution in [0, 0.1) is 11.8 Å². The van der Waals surface area contributed by atoms with Crippen LogP contribution in [0.4, 0.5) is 0 Å². The van der Waals surface area contributed by atoms with Gasteiger partial charge in [0, 0.05) is 18.6 Å². The van der Waals surface area contributed by atoms with Gasteiger partial charge in [0.25, 0.3) is 0 Å². The molecular weight excluding hydrogens is 254 g/mol. The zero-order chi connectivity index (χ0) is 15.0. The molecule has 1 rings (SSSR count). The van der Waals surface area contributed by atoms with E-state index < -0.39 is 0 Å². The molecule has 4 heteroatoms. The van der Waals surface area contributed by atoms with Crippen LogP contribution >= 0.6 is 0 Å². The standard InChI is InChI=1S/C16H25NO3/c1-12(16(19)17-14(3)13(2)11-18)9-10-20-15-7-5-4-6-8-15/h4-8,12-14,18H,9-11H2,1-3H3,(H,17,19). The zero-order valence-corrected chi connectivity index (χ0v) is 12.5. The first-order chi connectivity index (χ1) is 9.54. The van der Waals surface area contributed by atoms with Crippen LogP contribution < -0.4 is 10.1 Å². The van der Waals surface area contributed by atoms with Crippen molar-refractivity contribution in [1.82, 2.24) is 5.32 Å². The Balaban J connectivity index is 2.28. The Kier molecular flexibility index (Phi) is 7.09. The summed E-state index contributed by atoms with van der Waals surface area (Å²) in [6.07, 6.45) is 0.668. The van der Waals surface area contributed by atoms with Gasteiger partial charge in [0.2, 0.25) is 5.91 Å². The van der Waals surface area contributed by atoms with Gasteiger partial charge in [-0.2, -0.15) is 0 Å². The number of ether oxygens (including phenoxy) is 1. The van der Waals surface area contributed by atoms with Crippen molar-refractivity contribution < 1.29 is 14.6 Å². The smallest absolute Gasteiger partial charge is 0.223 e. The first kappa shape index (κ1) is 16.5. The maximum atomic E-state index is 12.0. The molecule has 0 heterocycles. The topological polar surface area (TPSA) is 58.6 Å². The summed E-state index contributed by atoms with van der Waals surface area (Å²) in [7, 11) is 0. The minimum absolute atomic E-state index is 0.00876. The fourth-order valence-corrected chi connectivity index (χ4v) is 1.67. The Morgan fingerprint density at radius 2 is 1.90 bits per heavy atom. The lowest BCUT2D eigenvalue weighted by Gasteiger charge is -2.21. The second-order valence-corrected chi connectivity index (χ2v) is 5.31. The zero-order valence-electron chi connectivity index (χ0n) is 12.5. The Bertz CT molecular complexity index is 394. The number of amides is 1. The second-order valence-electron chi connectivity index (χ2n) is 5.31. The van der Waals surface area contributed by atoms with Gasteiger partial charge in [-0.15, -0.1) is 0 Å². The number of carbonyl (C=O) groups is 1. The van der Waals surface area contributed by atoms with Crippen molar-refractivity contribution in [3.8, 4) is 5.75 Å². The number of rotatable bonds is 8. The predicted octanol–water partition coefficient (Wildman–Crippen LogP) is 2.22. The molecule has 0 aromatic heterocycles. The van der Waals surface area contributed by atoms with Crippen LogP contribution in [0.1, 0.15) is 27.2 Å². The van der Waals surface area contributed by atoms with Crippen molar-refractivity contribution in [2.24, 2.45) is 11.8 Å². The number of benzene rings is 1. The molecule has 0 aliphatic rings. The molecule has 3 unspecified atom stereocenters. The van der Waals surface area contributed by atoms with Crippen molar-refractivity contribution in [2.75, 3.05) is 13.2 Å². The molecule has 0 aliphatic heterocycles. The van der Waals surface area contributed by atoms with E-state index in [4.69, 9.17) is 9.84 Å². The van der Waals surface area contributed by atoms with Crippen LogP contribution in [0.25, 0.3) is 0 Å². The first-order valence-electron chi connectivity index (χ1n) is 7.13. The van der Waals surface area contributed by atoms with E-state index in [1.54, 1.807) is 0 Å². The first-order valence-corrected chi connectivity index (χ1v) is 7.13. The lowest BCUT2D eigenvalue weighted by atomic mass is 10.0. The van der Waals surface area contributed by atoms with E-state index in [2.05, 4.69) is 5.32 Å². The van der Waals surface area contributed by atoms with Gasteiger partial charge in [-0.25, -0.2) is 0 Å². The van der Waals surface area contributed by atoms with Gasteiger partial charge < -0.3 is 15.2 Å². The van der Waals surface area contributed by atoms with Crippen molar-refractivity contribution >= 4 is 5.91 Å². The Morgan fingerprint density at radius 1 is 1.25 bits per heavy atom. The highest BCUT2D eigenvalue weighted by molar-refractivity contribution is 5.78. The monoisotopic (exact) mass is 279 g/mol. The van der Waals surface area contributed by atoms with Crippen LogP contribution in [-0.4, -0.2) is 30.3 Å². The highest BCUT2D eigenvalue weighted by atomic mass is 16.5. The number of aliphatic hydroxyl groups is 1. The number of carbonyl (C=O) groups excluding carboxylic acids is 1. The Labute approximate surface area is 121 Å². The fraction of sp³-hybridized carbons (Fsp3) is 0.562. The van der Waals surface area contributed by atoms with Crippen molar-refractivity contribution in [2.45, 2.75) is 33.2 Å². The van der Waals surface area contributed by atoms with E-state index >= 15 is 0 Å². The number of para-hydroxylation sites is 1. The van der Waals surface area contributed by atoms with E-state index in [-0.39, 0.29) is 30.4 Å². The van der Waals surface area contributed by atoms with Gasteiger partial charge in [-0.05, 0) is 31.4 Å². The summed E-state index contributed by atoms with van der Waals surface area (Å²) >= 11 is 0. The van der Waals surface area contributed by atoms with Crippen molar-refractivity contribution in [1.29, 1.82) is 0 Å². The molecule has 4 nitrogen and oxygen atoms in total. The van der Waals surface area contributed by atoms with E-state index in [0.29, 0.717) is 13.0 Å². The molecule has 0 bridgehead atoms. The van der Waals surface area contributed by atoms with Crippen LogP contribution in [0.3, 0.4) is 0 Å². The quantitative estimate of drug-likeness (QED) is 0.767. The molecule has 0 aliphatic carbocycles. The van der Waals surface area contributed by atoms with E-state index in [0.717, 1.165) is 5.75 Å². The minimum atomic E-state index is -0.105. The number of aliphatic hydroxyl groups excluding tert-OH is 1. The molecule has 0 spiro atoms. The summed E-state index contributed by atoms with van der Waals surface area (Å²) in [5.41, 5.74) is 0. The molecule has 2 N–H and O–H groups in total. The van der Waals surface area contributed by atoms with Gasteiger partial charge in [0.05, 0.1) is 6.61 Å². The average Bonchev–Trinajstić information content (AvgIpc) is 2.47. The van der Waals surface area contributed by atoms with Gasteiger partial charge in [0.15, 0.2) is 0 Å². The molecule has 0 saturated carbocycles. The largest absolute Gasteiger partial charge is 0.494 e.